The summed E-state index contributed by atoms with van der Waals surface area (Å²) in [6.45, 7) is 0.168. The molecule has 0 atom stereocenters. The number of sulfonamides is 1. The van der Waals surface area contributed by atoms with Crippen LogP contribution in [0.1, 0.15) is 5.56 Å². The number of hydrogen-bond donors (Lipinski definition) is 1. The van der Waals surface area contributed by atoms with E-state index in [1.807, 2.05) is 0 Å². The van der Waals surface area contributed by atoms with Crippen molar-refractivity contribution < 1.29 is 13.2 Å². The highest BCUT2D eigenvalue weighted by atomic mass is 79.9. The Morgan fingerprint density at radius 3 is 2.43 bits per heavy atom. The molecule has 0 spiro atoms. The Morgan fingerprint density at radius 2 is 1.83 bits per heavy atom. The zero-order valence-electron chi connectivity index (χ0n) is 12.1. The molecule has 2 aromatic rings. The van der Waals surface area contributed by atoms with Gasteiger partial charge >= 0.3 is 0 Å². The molecule has 0 bridgehead atoms. The van der Waals surface area contributed by atoms with E-state index in [4.69, 9.17) is 27.9 Å². The summed E-state index contributed by atoms with van der Waals surface area (Å²) in [5.41, 5.74) is 0.708. The predicted octanol–water partition coefficient (Wildman–Crippen LogP) is 4.29. The number of nitrogens with one attached hydrogen (secondary N) is 1. The molecule has 23 heavy (non-hydrogen) atoms. The van der Waals surface area contributed by atoms with E-state index in [0.717, 1.165) is 0 Å². The standard InChI is InChI=1S/C15H14BrCl2NO3S/c1-22-14-6-5-10(16)9-15(14)23(20,21)19-8-7-11-12(17)3-2-4-13(11)18/h2-6,9,19H,7-8H2,1H3. The zero-order chi connectivity index (χ0) is 17.0. The number of rotatable bonds is 6. The number of hydrogen-bond acceptors (Lipinski definition) is 3. The van der Waals surface area contributed by atoms with Crippen LogP contribution in [0.25, 0.3) is 0 Å². The highest BCUT2D eigenvalue weighted by Crippen LogP contribution is 2.28. The first kappa shape index (κ1) is 18.5. The molecule has 0 aliphatic carbocycles. The maximum atomic E-state index is 12.4. The lowest BCUT2D eigenvalue weighted by Gasteiger charge is -2.12. The van der Waals surface area contributed by atoms with Crippen molar-refractivity contribution in [2.75, 3.05) is 13.7 Å². The van der Waals surface area contributed by atoms with Crippen molar-refractivity contribution in [2.45, 2.75) is 11.3 Å². The highest BCUT2D eigenvalue weighted by molar-refractivity contribution is 9.10. The zero-order valence-corrected chi connectivity index (χ0v) is 16.1. The first-order valence-corrected chi connectivity index (χ1v) is 9.64. The number of methoxy groups -OCH3 is 1. The van der Waals surface area contributed by atoms with Crippen molar-refractivity contribution in [3.05, 3.63) is 56.5 Å². The van der Waals surface area contributed by atoms with Crippen molar-refractivity contribution in [1.82, 2.24) is 4.72 Å². The van der Waals surface area contributed by atoms with Crippen molar-refractivity contribution in [3.8, 4) is 5.75 Å². The average Bonchev–Trinajstić information content (AvgIpc) is 2.50. The Morgan fingerprint density at radius 1 is 1.17 bits per heavy atom. The smallest absolute Gasteiger partial charge is 0.244 e. The number of halogens is 3. The second kappa shape index (κ2) is 7.85. The largest absolute Gasteiger partial charge is 0.495 e. The monoisotopic (exact) mass is 437 g/mol. The molecule has 2 rings (SSSR count). The molecule has 4 nitrogen and oxygen atoms in total. The Balaban J connectivity index is 2.15. The number of benzene rings is 2. The SMILES string of the molecule is COc1ccc(Br)cc1S(=O)(=O)NCCc1c(Cl)cccc1Cl. The maximum absolute atomic E-state index is 12.4. The van der Waals surface area contributed by atoms with Gasteiger partial charge in [0.05, 0.1) is 7.11 Å². The summed E-state index contributed by atoms with van der Waals surface area (Å²) in [5, 5.41) is 1.02. The first-order valence-electron chi connectivity index (χ1n) is 6.61. The molecular weight excluding hydrogens is 425 g/mol. The van der Waals surface area contributed by atoms with E-state index < -0.39 is 10.0 Å². The third-order valence-corrected chi connectivity index (χ3v) is 5.83. The quantitative estimate of drug-likeness (QED) is 0.731. The van der Waals surface area contributed by atoms with Crippen LogP contribution in [0, 0.1) is 0 Å². The van der Waals surface area contributed by atoms with E-state index in [0.29, 0.717) is 26.5 Å². The molecule has 0 saturated carbocycles. The van der Waals surface area contributed by atoms with Crippen molar-refractivity contribution in [1.29, 1.82) is 0 Å². The molecule has 0 aromatic heterocycles. The van der Waals surface area contributed by atoms with Gasteiger partial charge in [0, 0.05) is 21.1 Å². The molecule has 0 unspecified atom stereocenters. The minimum absolute atomic E-state index is 0.0691. The Bertz CT molecular complexity index is 792. The molecule has 0 fully saturated rings. The second-order valence-corrected chi connectivity index (χ2v) is 8.11. The van der Waals surface area contributed by atoms with Gasteiger partial charge in [-0.1, -0.05) is 45.2 Å². The van der Waals surface area contributed by atoms with Gasteiger partial charge in [-0.15, -0.1) is 0 Å². The van der Waals surface area contributed by atoms with Gasteiger partial charge in [0.15, 0.2) is 0 Å². The summed E-state index contributed by atoms with van der Waals surface area (Å²) in [4.78, 5) is 0.0691. The van der Waals surface area contributed by atoms with Crippen molar-refractivity contribution in [3.63, 3.8) is 0 Å². The van der Waals surface area contributed by atoms with Crippen LogP contribution >= 0.6 is 39.1 Å². The van der Waals surface area contributed by atoms with Gasteiger partial charge in [-0.05, 0) is 42.3 Å². The Hall–Kier alpha value is -0.790. The van der Waals surface area contributed by atoms with E-state index in [1.54, 1.807) is 30.3 Å². The van der Waals surface area contributed by atoms with Gasteiger partial charge < -0.3 is 4.74 Å². The van der Waals surface area contributed by atoms with Crippen LogP contribution in [0.3, 0.4) is 0 Å². The van der Waals surface area contributed by atoms with Crippen molar-refractivity contribution >= 4 is 49.2 Å². The molecular formula is C15H14BrCl2NO3S. The van der Waals surface area contributed by atoms with Crippen molar-refractivity contribution in [2.24, 2.45) is 0 Å². The highest BCUT2D eigenvalue weighted by Gasteiger charge is 2.19. The Labute approximate surface area is 153 Å². The third kappa shape index (κ3) is 4.61. The lowest BCUT2D eigenvalue weighted by atomic mass is 10.1. The fraction of sp³-hybridized carbons (Fsp3) is 0.200. The molecule has 0 saturated heterocycles. The summed E-state index contributed by atoms with van der Waals surface area (Å²) < 4.78 is 33.2. The normalized spacial score (nSPS) is 11.5. The summed E-state index contributed by atoms with van der Waals surface area (Å²) >= 11 is 15.4. The van der Waals surface area contributed by atoms with E-state index >= 15 is 0 Å². The molecule has 0 aliphatic rings. The first-order chi connectivity index (χ1) is 10.8. The van der Waals surface area contributed by atoms with E-state index in [-0.39, 0.29) is 17.2 Å². The molecule has 0 radical (unpaired) electrons. The van der Waals surface area contributed by atoms with Crippen LogP contribution in [0.2, 0.25) is 10.0 Å². The number of ether oxygens (including phenoxy) is 1. The van der Waals surface area contributed by atoms with Gasteiger partial charge in [-0.3, -0.25) is 0 Å². The third-order valence-electron chi connectivity index (χ3n) is 3.14. The Kier molecular flexibility index (Phi) is 6.33. The van der Waals surface area contributed by atoms with Crippen LogP contribution in [0.4, 0.5) is 0 Å². The van der Waals surface area contributed by atoms with Gasteiger partial charge in [0.1, 0.15) is 10.6 Å². The van der Waals surface area contributed by atoms with Crippen LogP contribution in [0.15, 0.2) is 45.8 Å². The molecule has 2 aromatic carbocycles. The van der Waals surface area contributed by atoms with Crippen LogP contribution in [-0.2, 0) is 16.4 Å². The van der Waals surface area contributed by atoms with E-state index in [9.17, 15) is 8.42 Å². The molecule has 0 aliphatic heterocycles. The average molecular weight is 439 g/mol. The molecule has 0 heterocycles. The molecule has 124 valence electrons. The van der Waals surface area contributed by atoms with Gasteiger partial charge in [0.25, 0.3) is 0 Å². The predicted molar refractivity (Wildman–Crippen MR) is 96.0 cm³/mol. The summed E-state index contributed by atoms with van der Waals surface area (Å²) in [5.74, 6) is 0.275. The minimum Gasteiger partial charge on any atom is -0.495 e. The van der Waals surface area contributed by atoms with Gasteiger partial charge in [0.2, 0.25) is 10.0 Å². The maximum Gasteiger partial charge on any atom is 0.244 e. The molecule has 8 heteroatoms. The fourth-order valence-electron chi connectivity index (χ4n) is 2.02. The summed E-state index contributed by atoms with van der Waals surface area (Å²) in [6.07, 6.45) is 0.383. The van der Waals surface area contributed by atoms with E-state index in [1.165, 1.54) is 13.2 Å². The van der Waals surface area contributed by atoms with Gasteiger partial charge in [-0.2, -0.15) is 0 Å². The fourth-order valence-corrected chi connectivity index (χ4v) is 4.34. The summed E-state index contributed by atoms with van der Waals surface area (Å²) in [6, 6.07) is 9.96. The second-order valence-electron chi connectivity index (χ2n) is 4.64. The van der Waals surface area contributed by atoms with Crippen LogP contribution in [0.5, 0.6) is 5.75 Å². The lowest BCUT2D eigenvalue weighted by molar-refractivity contribution is 0.402. The van der Waals surface area contributed by atoms with Crippen LogP contribution < -0.4 is 9.46 Å². The minimum atomic E-state index is -3.71. The molecule has 1 N–H and O–H groups in total. The van der Waals surface area contributed by atoms with Gasteiger partial charge in [-0.25, -0.2) is 13.1 Å². The van der Waals surface area contributed by atoms with E-state index in [2.05, 4.69) is 20.7 Å². The van der Waals surface area contributed by atoms with Crippen LogP contribution in [-0.4, -0.2) is 22.1 Å². The molecule has 0 amide bonds. The summed E-state index contributed by atoms with van der Waals surface area (Å²) in [7, 11) is -2.29. The topological polar surface area (TPSA) is 55.4 Å². The lowest BCUT2D eigenvalue weighted by Crippen LogP contribution is -2.26.